The molecule has 5 aromatic rings. The summed E-state index contributed by atoms with van der Waals surface area (Å²) in [5, 5.41) is 15.2. The molecule has 0 bridgehead atoms. The molecule has 0 aliphatic heterocycles. The summed E-state index contributed by atoms with van der Waals surface area (Å²) in [6.45, 7) is 9.25. The van der Waals surface area contributed by atoms with Gasteiger partial charge < -0.3 is 5.32 Å². The third kappa shape index (κ3) is 5.27. The number of rotatable bonds is 7. The zero-order chi connectivity index (χ0) is 27.9. The highest BCUT2D eigenvalue weighted by atomic mass is 19.4. The predicted octanol–water partition coefficient (Wildman–Crippen LogP) is 5.56. The Morgan fingerprint density at radius 1 is 1.08 bits per heavy atom. The third-order valence-corrected chi connectivity index (χ3v) is 6.55. The molecule has 0 spiro atoms. The van der Waals surface area contributed by atoms with Crippen LogP contribution in [-0.2, 0) is 19.3 Å². The topological polar surface area (TPSA) is 94.9 Å². The van der Waals surface area contributed by atoms with Crippen molar-refractivity contribution in [2.24, 2.45) is 0 Å². The second kappa shape index (κ2) is 10.0. The lowest BCUT2D eigenvalue weighted by Crippen LogP contribution is -2.15. The van der Waals surface area contributed by atoms with Crippen LogP contribution >= 0.6 is 0 Å². The second-order valence-corrected chi connectivity index (χ2v) is 9.55. The van der Waals surface area contributed by atoms with Crippen LogP contribution in [0.25, 0.3) is 16.9 Å². The van der Waals surface area contributed by atoms with E-state index in [-0.39, 0.29) is 23.0 Å². The quantitative estimate of drug-likeness (QED) is 0.294. The average Bonchev–Trinajstić information content (AvgIpc) is 3.62. The van der Waals surface area contributed by atoms with Crippen molar-refractivity contribution in [2.75, 3.05) is 5.32 Å². The van der Waals surface area contributed by atoms with E-state index in [9.17, 15) is 18.0 Å². The number of nitrogens with one attached hydrogen (secondary N) is 1. The van der Waals surface area contributed by atoms with E-state index in [1.165, 1.54) is 12.3 Å². The van der Waals surface area contributed by atoms with E-state index >= 15 is 0 Å². The molecule has 4 heterocycles. The predicted molar refractivity (Wildman–Crippen MR) is 139 cm³/mol. The number of aromatic nitrogens is 7. The van der Waals surface area contributed by atoms with Crippen molar-refractivity contribution in [3.8, 4) is 11.3 Å². The smallest absolute Gasteiger partial charge is 0.318 e. The van der Waals surface area contributed by atoms with E-state index in [1.54, 1.807) is 29.2 Å². The van der Waals surface area contributed by atoms with E-state index in [0.717, 1.165) is 29.4 Å². The van der Waals surface area contributed by atoms with Crippen molar-refractivity contribution >= 4 is 17.2 Å². The van der Waals surface area contributed by atoms with Gasteiger partial charge in [0, 0.05) is 35.6 Å². The lowest BCUT2D eigenvalue weighted by atomic mass is 10.0. The zero-order valence-electron chi connectivity index (χ0n) is 21.9. The summed E-state index contributed by atoms with van der Waals surface area (Å²) in [4.78, 5) is 17.3. The Labute approximate surface area is 222 Å². The third-order valence-electron chi connectivity index (χ3n) is 6.55. The van der Waals surface area contributed by atoms with Gasteiger partial charge in [0.1, 0.15) is 0 Å². The minimum Gasteiger partial charge on any atom is -0.318 e. The van der Waals surface area contributed by atoms with E-state index in [2.05, 4.69) is 25.6 Å². The number of nitrogens with zero attached hydrogens (tertiary/aromatic N) is 7. The molecule has 12 heteroatoms. The van der Waals surface area contributed by atoms with Crippen molar-refractivity contribution in [1.82, 2.24) is 34.2 Å². The van der Waals surface area contributed by atoms with Crippen LogP contribution in [0.5, 0.6) is 0 Å². The Morgan fingerprint density at radius 3 is 2.46 bits per heavy atom. The number of carbonyl (C=O) groups excluding carboxylic acids is 1. The number of amides is 1. The number of anilines is 1. The summed E-state index contributed by atoms with van der Waals surface area (Å²) in [7, 11) is 0. The van der Waals surface area contributed by atoms with E-state index in [4.69, 9.17) is 0 Å². The normalized spacial score (nSPS) is 12.0. The Bertz CT molecular complexity index is 1640. The number of hydrogen-bond donors (Lipinski definition) is 1. The summed E-state index contributed by atoms with van der Waals surface area (Å²) >= 11 is 0. The fourth-order valence-corrected chi connectivity index (χ4v) is 4.32. The van der Waals surface area contributed by atoms with Gasteiger partial charge >= 0.3 is 6.18 Å². The molecular weight excluding hydrogens is 509 g/mol. The van der Waals surface area contributed by atoms with Gasteiger partial charge in [-0.1, -0.05) is 38.1 Å². The van der Waals surface area contributed by atoms with E-state index in [1.807, 2.05) is 44.5 Å². The van der Waals surface area contributed by atoms with Crippen molar-refractivity contribution < 1.29 is 18.0 Å². The Kier molecular flexibility index (Phi) is 6.71. The van der Waals surface area contributed by atoms with Crippen LogP contribution in [0, 0.1) is 6.92 Å². The molecule has 0 unspecified atom stereocenters. The summed E-state index contributed by atoms with van der Waals surface area (Å²) in [5.74, 6) is -0.390. The van der Waals surface area contributed by atoms with Gasteiger partial charge in [-0.3, -0.25) is 14.2 Å². The highest BCUT2D eigenvalue weighted by Crippen LogP contribution is 2.33. The van der Waals surface area contributed by atoms with Gasteiger partial charge in [0.2, 0.25) is 0 Å². The minimum atomic E-state index is -4.71. The van der Waals surface area contributed by atoms with Gasteiger partial charge in [-0.05, 0) is 31.4 Å². The Balaban J connectivity index is 1.41. The second-order valence-electron chi connectivity index (χ2n) is 9.55. The van der Waals surface area contributed by atoms with Gasteiger partial charge in [0.25, 0.3) is 5.91 Å². The summed E-state index contributed by atoms with van der Waals surface area (Å²) in [5.41, 5.74) is 2.81. The molecule has 0 saturated heterocycles. The lowest BCUT2D eigenvalue weighted by Gasteiger charge is -2.11. The van der Waals surface area contributed by atoms with Crippen molar-refractivity contribution in [3.63, 3.8) is 0 Å². The number of fused-ring (bicyclic) bond motifs is 1. The molecule has 9 nitrogen and oxygen atoms in total. The number of aryl methyl sites for hydroxylation is 1. The van der Waals surface area contributed by atoms with E-state index in [0.29, 0.717) is 22.3 Å². The molecule has 0 saturated carbocycles. The van der Waals surface area contributed by atoms with Crippen LogP contribution < -0.4 is 5.32 Å². The SMILES string of the molecule is CCn1ncc(Cn2cc(NC(=O)c3cc4nc(-c5ccc(C(C)C)cc5)cc(C(F)(F)F)n4n3)cn2)c1C. The van der Waals surface area contributed by atoms with Crippen LogP contribution in [0.4, 0.5) is 18.9 Å². The summed E-state index contributed by atoms with van der Waals surface area (Å²) in [6, 6.07) is 9.40. The van der Waals surface area contributed by atoms with Gasteiger partial charge in [0.15, 0.2) is 17.0 Å². The van der Waals surface area contributed by atoms with Crippen molar-refractivity contribution in [2.45, 2.75) is 52.9 Å². The van der Waals surface area contributed by atoms with Gasteiger partial charge in [-0.15, -0.1) is 0 Å². The molecule has 1 aromatic carbocycles. The molecule has 5 rings (SSSR count). The molecule has 0 atom stereocenters. The standard InChI is InChI=1S/C27H27F3N8O/c1-5-37-17(4)20(12-32-37)14-36-15-21(13-31-36)33-26(39)23-11-25-34-22(10-24(27(28,29)30)38(25)35-23)19-8-6-18(7-9-19)16(2)3/h6-13,15-16H,5,14H2,1-4H3,(H,33,39). The van der Waals surface area contributed by atoms with Gasteiger partial charge in [-0.2, -0.15) is 28.5 Å². The van der Waals surface area contributed by atoms with Crippen LogP contribution in [0.15, 0.2) is 55.0 Å². The first kappa shape index (κ1) is 26.1. The summed E-state index contributed by atoms with van der Waals surface area (Å²) in [6.07, 6.45) is 0.159. The zero-order valence-corrected chi connectivity index (χ0v) is 21.9. The number of benzene rings is 1. The molecule has 0 fully saturated rings. The molecule has 39 heavy (non-hydrogen) atoms. The maximum Gasteiger partial charge on any atom is 0.433 e. The van der Waals surface area contributed by atoms with Crippen LogP contribution in [0.1, 0.15) is 59.7 Å². The van der Waals surface area contributed by atoms with Crippen LogP contribution in [0.2, 0.25) is 0 Å². The fourth-order valence-electron chi connectivity index (χ4n) is 4.32. The highest BCUT2D eigenvalue weighted by Gasteiger charge is 2.35. The maximum absolute atomic E-state index is 14.0. The van der Waals surface area contributed by atoms with Crippen molar-refractivity contribution in [1.29, 1.82) is 0 Å². The first-order chi connectivity index (χ1) is 18.5. The van der Waals surface area contributed by atoms with Gasteiger partial charge in [0.05, 0.1) is 30.3 Å². The Morgan fingerprint density at radius 2 is 1.82 bits per heavy atom. The monoisotopic (exact) mass is 536 g/mol. The number of alkyl halides is 3. The average molecular weight is 537 g/mol. The molecule has 1 amide bonds. The molecule has 1 N–H and O–H groups in total. The number of hydrogen-bond acceptors (Lipinski definition) is 5. The molecule has 4 aromatic heterocycles. The van der Waals surface area contributed by atoms with E-state index < -0.39 is 17.8 Å². The molecular formula is C27H27F3N8O. The maximum atomic E-state index is 14.0. The molecule has 0 aliphatic rings. The highest BCUT2D eigenvalue weighted by molar-refractivity contribution is 6.03. The van der Waals surface area contributed by atoms with Crippen LogP contribution in [-0.4, -0.2) is 40.1 Å². The molecule has 202 valence electrons. The van der Waals surface area contributed by atoms with Crippen molar-refractivity contribution in [3.05, 3.63) is 83.2 Å². The van der Waals surface area contributed by atoms with Gasteiger partial charge in [-0.25, -0.2) is 9.50 Å². The minimum absolute atomic E-state index is 0.0861. The molecule has 0 radical (unpaired) electrons. The first-order valence-electron chi connectivity index (χ1n) is 12.5. The van der Waals surface area contributed by atoms with Crippen LogP contribution in [0.3, 0.4) is 0 Å². The first-order valence-corrected chi connectivity index (χ1v) is 12.5. The largest absolute Gasteiger partial charge is 0.433 e. The summed E-state index contributed by atoms with van der Waals surface area (Å²) < 4.78 is 46.1. The molecule has 0 aliphatic carbocycles. The lowest BCUT2D eigenvalue weighted by molar-refractivity contribution is -0.142. The number of halogens is 3. The fraction of sp³-hybridized carbons (Fsp3) is 0.296. The number of carbonyl (C=O) groups is 1. The Hall–Kier alpha value is -4.48.